The van der Waals surface area contributed by atoms with E-state index in [1.54, 1.807) is 31.3 Å². The van der Waals surface area contributed by atoms with Crippen LogP contribution in [0.25, 0.3) is 5.52 Å². The average molecular weight is 370 g/mol. The molecule has 0 unspecified atom stereocenters. The highest BCUT2D eigenvalue weighted by Crippen LogP contribution is 2.35. The number of sulfone groups is 1. The molecule has 2 N–H and O–H groups in total. The molecule has 1 aromatic carbocycles. The van der Waals surface area contributed by atoms with Crippen LogP contribution in [-0.4, -0.2) is 46.0 Å². The van der Waals surface area contributed by atoms with E-state index >= 15 is 0 Å². The summed E-state index contributed by atoms with van der Waals surface area (Å²) in [5, 5.41) is 6.41. The lowest BCUT2D eigenvalue weighted by Gasteiger charge is -2.30. The van der Waals surface area contributed by atoms with Crippen LogP contribution < -0.4 is 15.5 Å². The maximum atomic E-state index is 13.3. The van der Waals surface area contributed by atoms with Crippen molar-refractivity contribution in [3.63, 3.8) is 0 Å². The number of piperazine rings is 1. The van der Waals surface area contributed by atoms with Crippen molar-refractivity contribution in [3.05, 3.63) is 54.7 Å². The Bertz CT molecular complexity index is 1020. The smallest absolute Gasteiger partial charge is 0.210 e. The molecule has 0 saturated carbocycles. The lowest BCUT2D eigenvalue weighted by atomic mass is 10.3. The highest BCUT2D eigenvalue weighted by Gasteiger charge is 2.27. The number of rotatable bonds is 4. The van der Waals surface area contributed by atoms with Crippen molar-refractivity contribution in [2.24, 2.45) is 0 Å². The van der Waals surface area contributed by atoms with E-state index in [4.69, 9.17) is 0 Å². The zero-order chi connectivity index (χ0) is 18.1. The minimum atomic E-state index is -3.63. The van der Waals surface area contributed by atoms with Gasteiger partial charge in [0.05, 0.1) is 16.1 Å². The first-order valence-corrected chi connectivity index (χ1v) is 10.2. The first-order chi connectivity index (χ1) is 12.6. The Balaban J connectivity index is 1.93. The number of pyridine rings is 1. The van der Waals surface area contributed by atoms with E-state index in [9.17, 15) is 8.42 Å². The monoisotopic (exact) mass is 370 g/mol. The Morgan fingerprint density at radius 3 is 2.42 bits per heavy atom. The summed E-state index contributed by atoms with van der Waals surface area (Å²) >= 11 is 0. The van der Waals surface area contributed by atoms with E-state index in [0.29, 0.717) is 21.0 Å². The third-order valence-corrected chi connectivity index (χ3v) is 6.63. The molecular formula is C19H22N4O2S. The average Bonchev–Trinajstić information content (AvgIpc) is 3.09. The summed E-state index contributed by atoms with van der Waals surface area (Å²) in [7, 11) is -1.87. The predicted molar refractivity (Wildman–Crippen MR) is 104 cm³/mol. The molecule has 26 heavy (non-hydrogen) atoms. The Morgan fingerprint density at radius 2 is 1.73 bits per heavy atom. The maximum absolute atomic E-state index is 13.3. The van der Waals surface area contributed by atoms with Crippen LogP contribution in [0.5, 0.6) is 0 Å². The highest BCUT2D eigenvalue weighted by molar-refractivity contribution is 7.91. The second kappa shape index (κ2) is 6.66. The molecule has 3 aromatic rings. The van der Waals surface area contributed by atoms with Crippen LogP contribution in [0.3, 0.4) is 0 Å². The fourth-order valence-corrected chi connectivity index (χ4v) is 5.12. The molecule has 1 aliphatic heterocycles. The van der Waals surface area contributed by atoms with Crippen LogP contribution in [0.2, 0.25) is 0 Å². The van der Waals surface area contributed by atoms with E-state index in [-0.39, 0.29) is 0 Å². The third kappa shape index (κ3) is 2.73. The number of benzene rings is 1. The van der Waals surface area contributed by atoms with Crippen molar-refractivity contribution in [2.45, 2.75) is 9.79 Å². The lowest BCUT2D eigenvalue weighted by Crippen LogP contribution is -2.44. The summed E-state index contributed by atoms with van der Waals surface area (Å²) < 4.78 is 28.6. The van der Waals surface area contributed by atoms with Crippen LogP contribution in [0.4, 0.5) is 11.5 Å². The van der Waals surface area contributed by atoms with Gasteiger partial charge in [-0.25, -0.2) is 8.42 Å². The number of hydrogen-bond acceptors (Lipinski definition) is 5. The topological polar surface area (TPSA) is 65.8 Å². The lowest BCUT2D eigenvalue weighted by molar-refractivity contribution is 0.583. The zero-order valence-electron chi connectivity index (χ0n) is 14.6. The SMILES string of the molecule is CNc1cn2c(N3CCNCC3)cccc2c1S(=O)(=O)c1ccccc1. The molecule has 0 aliphatic carbocycles. The molecule has 7 heteroatoms. The zero-order valence-corrected chi connectivity index (χ0v) is 15.5. The standard InChI is InChI=1S/C19H22N4O2S/c1-20-16-14-23-17(8-5-9-18(23)22-12-10-21-11-13-22)19(16)26(24,25)15-6-3-2-4-7-15/h2-9,14,20-21H,10-13H2,1H3. The van der Waals surface area contributed by atoms with Gasteiger partial charge in [0.1, 0.15) is 10.7 Å². The molecule has 0 bridgehead atoms. The largest absolute Gasteiger partial charge is 0.386 e. The van der Waals surface area contributed by atoms with E-state index in [1.807, 2.05) is 34.9 Å². The van der Waals surface area contributed by atoms with Crippen LogP contribution in [0.15, 0.2) is 64.5 Å². The van der Waals surface area contributed by atoms with Gasteiger partial charge in [0.25, 0.3) is 0 Å². The fraction of sp³-hybridized carbons (Fsp3) is 0.263. The van der Waals surface area contributed by atoms with Gasteiger partial charge in [0.15, 0.2) is 0 Å². The molecule has 1 fully saturated rings. The molecule has 6 nitrogen and oxygen atoms in total. The quantitative estimate of drug-likeness (QED) is 0.737. The van der Waals surface area contributed by atoms with Crippen molar-refractivity contribution >= 4 is 26.9 Å². The Morgan fingerprint density at radius 1 is 1.00 bits per heavy atom. The van der Waals surface area contributed by atoms with Gasteiger partial charge in [-0.3, -0.25) is 4.40 Å². The molecule has 0 radical (unpaired) electrons. The van der Waals surface area contributed by atoms with Gasteiger partial charge in [-0.15, -0.1) is 0 Å². The summed E-state index contributed by atoms with van der Waals surface area (Å²) in [4.78, 5) is 2.90. The number of fused-ring (bicyclic) bond motifs is 1. The normalized spacial score (nSPS) is 15.3. The minimum absolute atomic E-state index is 0.303. The Hall–Kier alpha value is -2.51. The van der Waals surface area contributed by atoms with Crippen molar-refractivity contribution in [1.82, 2.24) is 9.72 Å². The van der Waals surface area contributed by atoms with Gasteiger partial charge in [-0.2, -0.15) is 0 Å². The van der Waals surface area contributed by atoms with Crippen molar-refractivity contribution in [3.8, 4) is 0 Å². The van der Waals surface area contributed by atoms with Gasteiger partial charge in [0.2, 0.25) is 9.84 Å². The summed E-state index contributed by atoms with van der Waals surface area (Å²) in [5.41, 5.74) is 1.30. The summed E-state index contributed by atoms with van der Waals surface area (Å²) in [5.74, 6) is 1.01. The highest BCUT2D eigenvalue weighted by atomic mass is 32.2. The summed E-state index contributed by atoms with van der Waals surface area (Å²) in [6, 6.07) is 14.4. The number of nitrogens with zero attached hydrogens (tertiary/aromatic N) is 2. The molecular weight excluding hydrogens is 348 g/mol. The molecule has 0 amide bonds. The van der Waals surface area contributed by atoms with E-state index < -0.39 is 9.84 Å². The van der Waals surface area contributed by atoms with Crippen LogP contribution in [-0.2, 0) is 9.84 Å². The molecule has 2 aromatic heterocycles. The molecule has 0 atom stereocenters. The number of nitrogens with one attached hydrogen (secondary N) is 2. The van der Waals surface area contributed by atoms with Crippen molar-refractivity contribution in [1.29, 1.82) is 0 Å². The van der Waals surface area contributed by atoms with Crippen LogP contribution in [0, 0.1) is 0 Å². The molecule has 4 rings (SSSR count). The van der Waals surface area contributed by atoms with Gasteiger partial charge in [-0.05, 0) is 24.3 Å². The molecule has 136 valence electrons. The Labute approximate surface area is 153 Å². The first-order valence-electron chi connectivity index (χ1n) is 8.70. The second-order valence-corrected chi connectivity index (χ2v) is 8.20. The second-order valence-electron chi connectivity index (χ2n) is 6.31. The number of hydrogen-bond donors (Lipinski definition) is 2. The van der Waals surface area contributed by atoms with Gasteiger partial charge in [0, 0.05) is 39.4 Å². The van der Waals surface area contributed by atoms with Gasteiger partial charge in [-0.1, -0.05) is 24.3 Å². The Kier molecular flexibility index (Phi) is 4.34. The van der Waals surface area contributed by atoms with Crippen LogP contribution >= 0.6 is 0 Å². The van der Waals surface area contributed by atoms with E-state index in [1.165, 1.54) is 0 Å². The predicted octanol–water partition coefficient (Wildman–Crippen LogP) is 2.22. The van der Waals surface area contributed by atoms with E-state index in [0.717, 1.165) is 32.0 Å². The summed E-state index contributed by atoms with van der Waals surface area (Å²) in [6.07, 6.45) is 1.88. The summed E-state index contributed by atoms with van der Waals surface area (Å²) in [6.45, 7) is 3.64. The fourth-order valence-electron chi connectivity index (χ4n) is 3.49. The van der Waals surface area contributed by atoms with Crippen LogP contribution in [0.1, 0.15) is 0 Å². The van der Waals surface area contributed by atoms with E-state index in [2.05, 4.69) is 15.5 Å². The molecule has 3 heterocycles. The van der Waals surface area contributed by atoms with Crippen molar-refractivity contribution < 1.29 is 8.42 Å². The van der Waals surface area contributed by atoms with Crippen molar-refractivity contribution in [2.75, 3.05) is 43.4 Å². The van der Waals surface area contributed by atoms with Gasteiger partial charge >= 0.3 is 0 Å². The first kappa shape index (κ1) is 16.9. The number of aromatic nitrogens is 1. The molecule has 1 saturated heterocycles. The third-order valence-electron chi connectivity index (χ3n) is 4.77. The minimum Gasteiger partial charge on any atom is -0.386 e. The maximum Gasteiger partial charge on any atom is 0.210 e. The van der Waals surface area contributed by atoms with Gasteiger partial charge < -0.3 is 15.5 Å². The number of anilines is 2. The molecule has 1 aliphatic rings. The molecule has 0 spiro atoms.